The van der Waals surface area contributed by atoms with E-state index >= 15 is 0 Å². The quantitative estimate of drug-likeness (QED) is 0.564. The van der Waals surface area contributed by atoms with Gasteiger partial charge in [0.05, 0.1) is 0 Å². The fourth-order valence-electron chi connectivity index (χ4n) is 0.704. The second-order valence-electron chi connectivity index (χ2n) is 2.05. The van der Waals surface area contributed by atoms with Crippen molar-refractivity contribution < 1.29 is 32.7 Å². The number of hydrogen-bond acceptors (Lipinski definition) is 1. The standard InChI is InChI=1S/C9H9N.Y/c1-8(7-10)9-5-3-2-4-6-9;/h2-5H,10H2,1H3;/q-2;. The number of allylic oxidation sites excluding steroid dienone is 1. The van der Waals surface area contributed by atoms with Gasteiger partial charge in [-0.05, 0) is 0 Å². The number of rotatable bonds is 1. The molecule has 0 atom stereocenters. The van der Waals surface area contributed by atoms with Crippen molar-refractivity contribution in [3.8, 4) is 0 Å². The molecule has 0 amide bonds. The van der Waals surface area contributed by atoms with Crippen molar-refractivity contribution in [2.24, 2.45) is 5.73 Å². The van der Waals surface area contributed by atoms with Crippen LogP contribution >= 0.6 is 0 Å². The molecule has 1 rings (SSSR count). The molecule has 1 nitrogen and oxygen atoms in total. The Morgan fingerprint density at radius 3 is 2.73 bits per heavy atom. The summed E-state index contributed by atoms with van der Waals surface area (Å²) in [6.45, 7) is 1.91. The molecule has 2 N–H and O–H groups in total. The fourth-order valence-corrected chi connectivity index (χ4v) is 0.704. The van der Waals surface area contributed by atoms with Gasteiger partial charge in [0.2, 0.25) is 0 Å². The third-order valence-electron chi connectivity index (χ3n) is 1.33. The molecule has 0 spiro atoms. The summed E-state index contributed by atoms with van der Waals surface area (Å²) in [6, 6.07) is 10.7. The molecule has 0 bridgehead atoms. The Morgan fingerprint density at radius 2 is 2.27 bits per heavy atom. The van der Waals surface area contributed by atoms with Crippen molar-refractivity contribution in [2.45, 2.75) is 6.92 Å². The van der Waals surface area contributed by atoms with Crippen LogP contribution in [0.5, 0.6) is 0 Å². The van der Waals surface area contributed by atoms with E-state index in [0.717, 1.165) is 11.1 Å². The summed E-state index contributed by atoms with van der Waals surface area (Å²) in [5.74, 6) is 0. The zero-order valence-corrected chi connectivity index (χ0v) is 9.30. The Hall–Kier alpha value is -0.136. The zero-order chi connectivity index (χ0) is 7.40. The minimum Gasteiger partial charge on any atom is -0.499 e. The van der Waals surface area contributed by atoms with Gasteiger partial charge in [-0.15, -0.1) is 13.0 Å². The van der Waals surface area contributed by atoms with E-state index in [0.29, 0.717) is 0 Å². The largest absolute Gasteiger partial charge is 0.499 e. The molecule has 1 radical (unpaired) electrons. The summed E-state index contributed by atoms with van der Waals surface area (Å²) >= 11 is 0. The van der Waals surface area contributed by atoms with Gasteiger partial charge in [-0.2, -0.15) is 12.1 Å². The molecule has 1 aromatic carbocycles. The van der Waals surface area contributed by atoms with Crippen molar-refractivity contribution in [1.29, 1.82) is 0 Å². The fraction of sp³-hybridized carbons (Fsp3) is 0.111. The zero-order valence-electron chi connectivity index (χ0n) is 6.46. The van der Waals surface area contributed by atoms with Crippen LogP contribution in [0.25, 0.3) is 5.57 Å². The van der Waals surface area contributed by atoms with Gasteiger partial charge in [0.1, 0.15) is 0 Å². The molecule has 0 aromatic heterocycles. The summed E-state index contributed by atoms with van der Waals surface area (Å²) < 4.78 is 0. The van der Waals surface area contributed by atoms with E-state index in [2.05, 4.69) is 12.3 Å². The average molecular weight is 220 g/mol. The molecule has 55 valence electrons. The minimum atomic E-state index is 0. The van der Waals surface area contributed by atoms with Gasteiger partial charge in [-0.1, -0.05) is 0 Å². The van der Waals surface area contributed by atoms with Crippen LogP contribution in [0.4, 0.5) is 0 Å². The van der Waals surface area contributed by atoms with Crippen LogP contribution in [-0.2, 0) is 32.7 Å². The van der Waals surface area contributed by atoms with Crippen molar-refractivity contribution in [3.05, 3.63) is 42.1 Å². The first kappa shape index (κ1) is 10.9. The van der Waals surface area contributed by atoms with Crippen LogP contribution in [-0.4, -0.2) is 0 Å². The van der Waals surface area contributed by atoms with Crippen LogP contribution in [0.15, 0.2) is 24.3 Å². The van der Waals surface area contributed by atoms with E-state index < -0.39 is 0 Å². The van der Waals surface area contributed by atoms with Gasteiger partial charge in [-0.25, -0.2) is 18.3 Å². The summed E-state index contributed by atoms with van der Waals surface area (Å²) in [6.07, 6.45) is 2.57. The molecule has 0 aliphatic rings. The van der Waals surface area contributed by atoms with Crippen LogP contribution in [0.2, 0.25) is 0 Å². The first-order valence-corrected chi connectivity index (χ1v) is 3.12. The summed E-state index contributed by atoms with van der Waals surface area (Å²) in [7, 11) is 0. The first-order chi connectivity index (χ1) is 4.84. The van der Waals surface area contributed by atoms with E-state index in [1.54, 1.807) is 0 Å². The Kier molecular flexibility index (Phi) is 5.44. The van der Waals surface area contributed by atoms with Gasteiger partial charge in [-0.3, -0.25) is 11.1 Å². The minimum absolute atomic E-state index is 0. The smallest absolute Gasteiger partial charge is 0 e. The van der Waals surface area contributed by atoms with Crippen molar-refractivity contribution in [2.75, 3.05) is 0 Å². The number of hydrogen-bond donors (Lipinski definition) is 1. The van der Waals surface area contributed by atoms with Crippen molar-refractivity contribution in [1.82, 2.24) is 0 Å². The maximum absolute atomic E-state index is 5.20. The topological polar surface area (TPSA) is 26.0 Å². The van der Waals surface area contributed by atoms with Crippen LogP contribution in [0.3, 0.4) is 0 Å². The van der Waals surface area contributed by atoms with Gasteiger partial charge in [0.25, 0.3) is 0 Å². The molecule has 1 aromatic rings. The van der Waals surface area contributed by atoms with Gasteiger partial charge in [0.15, 0.2) is 0 Å². The summed E-state index contributed by atoms with van der Waals surface area (Å²) in [5.41, 5.74) is 7.13. The van der Waals surface area contributed by atoms with Gasteiger partial charge in [0, 0.05) is 32.7 Å². The molecule has 0 fully saturated rings. The monoisotopic (exact) mass is 220 g/mol. The molecule has 11 heavy (non-hydrogen) atoms. The van der Waals surface area contributed by atoms with E-state index in [1.165, 1.54) is 0 Å². The van der Waals surface area contributed by atoms with E-state index in [4.69, 9.17) is 5.73 Å². The molecular formula is C9H9NY-2. The molecule has 0 aliphatic carbocycles. The molecule has 2 heteroatoms. The van der Waals surface area contributed by atoms with E-state index in [1.807, 2.05) is 31.2 Å². The SMILES string of the molecule is CC(=[C-]N)c1[c-]cccc1.[Y]. The van der Waals surface area contributed by atoms with Crippen LogP contribution < -0.4 is 5.73 Å². The molecule has 0 aliphatic heterocycles. The Morgan fingerprint density at radius 1 is 1.55 bits per heavy atom. The maximum atomic E-state index is 5.20. The van der Waals surface area contributed by atoms with Crippen LogP contribution in [0, 0.1) is 12.3 Å². The first-order valence-electron chi connectivity index (χ1n) is 3.12. The predicted octanol–water partition coefficient (Wildman–Crippen LogP) is 1.61. The van der Waals surface area contributed by atoms with Gasteiger partial charge >= 0.3 is 0 Å². The molecule has 0 saturated heterocycles. The van der Waals surface area contributed by atoms with Crippen molar-refractivity contribution in [3.63, 3.8) is 0 Å². The predicted molar refractivity (Wildman–Crippen MR) is 41.8 cm³/mol. The summed E-state index contributed by atoms with van der Waals surface area (Å²) in [4.78, 5) is 0. The van der Waals surface area contributed by atoms with Crippen molar-refractivity contribution >= 4 is 5.57 Å². The second-order valence-corrected chi connectivity index (χ2v) is 2.05. The third kappa shape index (κ3) is 3.17. The molecule has 0 saturated carbocycles. The normalized spacial score (nSPS) is 10.5. The summed E-state index contributed by atoms with van der Waals surface area (Å²) in [5, 5.41) is 0. The Labute approximate surface area is 92.6 Å². The number of benzene rings is 1. The second kappa shape index (κ2) is 5.51. The van der Waals surface area contributed by atoms with Gasteiger partial charge < -0.3 is 5.73 Å². The molecular weight excluding hydrogens is 211 g/mol. The van der Waals surface area contributed by atoms with Crippen LogP contribution in [0.1, 0.15) is 12.5 Å². The van der Waals surface area contributed by atoms with E-state index in [9.17, 15) is 0 Å². The average Bonchev–Trinajstić information content (AvgIpc) is 2.05. The van der Waals surface area contributed by atoms with E-state index in [-0.39, 0.29) is 32.7 Å². The molecule has 0 heterocycles. The molecule has 0 unspecified atom stereocenters. The Bertz CT molecular complexity index is 229. The number of nitrogens with two attached hydrogens (primary N) is 1. The third-order valence-corrected chi connectivity index (χ3v) is 1.33. The maximum Gasteiger partial charge on any atom is 0 e. The Balaban J connectivity index is 0.000001000.